The van der Waals surface area contributed by atoms with Gasteiger partial charge < -0.3 is 9.84 Å². The molecule has 0 saturated heterocycles. The first-order valence-corrected chi connectivity index (χ1v) is 4.95. The van der Waals surface area contributed by atoms with E-state index < -0.39 is 5.60 Å². The van der Waals surface area contributed by atoms with Gasteiger partial charge in [0.15, 0.2) is 0 Å². The van der Waals surface area contributed by atoms with Crippen LogP contribution in [0.25, 0.3) is 0 Å². The lowest BCUT2D eigenvalue weighted by atomic mass is 9.95. The van der Waals surface area contributed by atoms with E-state index in [9.17, 15) is 9.50 Å². The minimum Gasteiger partial charge on any atom is -0.386 e. The van der Waals surface area contributed by atoms with Gasteiger partial charge in [-0.25, -0.2) is 4.39 Å². The second kappa shape index (κ2) is 4.73. The van der Waals surface area contributed by atoms with Crippen LogP contribution in [0.15, 0.2) is 18.2 Å². The number of halogens is 1. The SMILES string of the molecule is COCCc1ccc(F)c(C(C)(C)O)c1. The molecule has 0 spiro atoms. The Morgan fingerprint density at radius 1 is 1.40 bits per heavy atom. The minimum absolute atomic E-state index is 0.330. The van der Waals surface area contributed by atoms with Gasteiger partial charge in [0.2, 0.25) is 0 Å². The van der Waals surface area contributed by atoms with Crippen molar-refractivity contribution in [3.05, 3.63) is 35.1 Å². The van der Waals surface area contributed by atoms with Gasteiger partial charge in [0.05, 0.1) is 12.2 Å². The Kier molecular flexibility index (Phi) is 3.83. The zero-order valence-corrected chi connectivity index (χ0v) is 9.38. The van der Waals surface area contributed by atoms with E-state index in [0.717, 1.165) is 12.0 Å². The average molecular weight is 212 g/mol. The van der Waals surface area contributed by atoms with Crippen LogP contribution in [0, 0.1) is 5.82 Å². The minimum atomic E-state index is -1.15. The van der Waals surface area contributed by atoms with Crippen molar-refractivity contribution in [1.29, 1.82) is 0 Å². The molecule has 0 bridgehead atoms. The van der Waals surface area contributed by atoms with E-state index in [-0.39, 0.29) is 5.82 Å². The summed E-state index contributed by atoms with van der Waals surface area (Å²) in [5.74, 6) is -0.372. The van der Waals surface area contributed by atoms with Crippen LogP contribution >= 0.6 is 0 Å². The van der Waals surface area contributed by atoms with E-state index in [1.54, 1.807) is 33.1 Å². The molecule has 1 aromatic carbocycles. The van der Waals surface area contributed by atoms with Crippen molar-refractivity contribution in [2.75, 3.05) is 13.7 Å². The van der Waals surface area contributed by atoms with Gasteiger partial charge >= 0.3 is 0 Å². The van der Waals surface area contributed by atoms with Gasteiger partial charge in [-0.2, -0.15) is 0 Å². The Balaban J connectivity index is 2.95. The van der Waals surface area contributed by atoms with Crippen LogP contribution < -0.4 is 0 Å². The molecule has 0 radical (unpaired) electrons. The molecule has 0 aliphatic rings. The van der Waals surface area contributed by atoms with Crippen molar-refractivity contribution >= 4 is 0 Å². The Morgan fingerprint density at radius 3 is 2.60 bits per heavy atom. The van der Waals surface area contributed by atoms with Gasteiger partial charge in [-0.1, -0.05) is 6.07 Å². The Labute approximate surface area is 89.7 Å². The molecule has 0 saturated carbocycles. The third-order valence-corrected chi connectivity index (χ3v) is 2.28. The summed E-state index contributed by atoms with van der Waals surface area (Å²) in [6.45, 7) is 3.74. The molecule has 1 N–H and O–H groups in total. The molecule has 0 aliphatic carbocycles. The second-order valence-electron chi connectivity index (χ2n) is 4.12. The third kappa shape index (κ3) is 3.29. The zero-order chi connectivity index (χ0) is 11.5. The molecule has 0 aliphatic heterocycles. The lowest BCUT2D eigenvalue weighted by Crippen LogP contribution is -2.18. The number of hydrogen-bond acceptors (Lipinski definition) is 2. The maximum absolute atomic E-state index is 13.4. The van der Waals surface area contributed by atoms with Crippen LogP contribution in [0.1, 0.15) is 25.0 Å². The highest BCUT2D eigenvalue weighted by atomic mass is 19.1. The summed E-state index contributed by atoms with van der Waals surface area (Å²) in [5, 5.41) is 9.75. The highest BCUT2D eigenvalue weighted by Crippen LogP contribution is 2.23. The molecule has 84 valence electrons. The topological polar surface area (TPSA) is 29.5 Å². The van der Waals surface area contributed by atoms with Crippen LogP contribution in [0.2, 0.25) is 0 Å². The molecule has 0 heterocycles. The fourth-order valence-electron chi connectivity index (χ4n) is 1.42. The first kappa shape index (κ1) is 12.1. The molecule has 0 aromatic heterocycles. The van der Waals surface area contributed by atoms with E-state index in [1.807, 2.05) is 0 Å². The molecular formula is C12H17FO2. The van der Waals surface area contributed by atoms with E-state index in [2.05, 4.69) is 0 Å². The van der Waals surface area contributed by atoms with Crippen molar-refractivity contribution in [1.82, 2.24) is 0 Å². The molecule has 2 nitrogen and oxygen atoms in total. The molecule has 0 amide bonds. The predicted octanol–water partition coefficient (Wildman–Crippen LogP) is 2.24. The maximum atomic E-state index is 13.4. The summed E-state index contributed by atoms with van der Waals surface area (Å²) < 4.78 is 18.3. The second-order valence-corrected chi connectivity index (χ2v) is 4.12. The van der Waals surface area contributed by atoms with Gasteiger partial charge in [-0.15, -0.1) is 0 Å². The Bertz CT molecular complexity index is 329. The number of aliphatic hydroxyl groups is 1. The molecule has 1 rings (SSSR count). The third-order valence-electron chi connectivity index (χ3n) is 2.28. The van der Waals surface area contributed by atoms with E-state index in [1.165, 1.54) is 6.07 Å². The summed E-state index contributed by atoms with van der Waals surface area (Å²) in [5.41, 5.74) is 0.152. The van der Waals surface area contributed by atoms with Crippen LogP contribution in [-0.2, 0) is 16.8 Å². The molecule has 0 atom stereocenters. The number of hydrogen-bond donors (Lipinski definition) is 1. The average Bonchev–Trinajstić information content (AvgIpc) is 2.15. The van der Waals surface area contributed by atoms with E-state index in [0.29, 0.717) is 12.2 Å². The molecule has 1 aromatic rings. The van der Waals surface area contributed by atoms with Crippen molar-refractivity contribution in [2.45, 2.75) is 25.9 Å². The Morgan fingerprint density at radius 2 is 2.07 bits per heavy atom. The highest BCUT2D eigenvalue weighted by molar-refractivity contribution is 5.29. The summed E-state index contributed by atoms with van der Waals surface area (Å²) >= 11 is 0. The van der Waals surface area contributed by atoms with Crippen molar-refractivity contribution in [3.63, 3.8) is 0 Å². The van der Waals surface area contributed by atoms with Gasteiger partial charge in [0.1, 0.15) is 5.82 Å². The molecule has 15 heavy (non-hydrogen) atoms. The van der Waals surface area contributed by atoms with Crippen LogP contribution in [0.3, 0.4) is 0 Å². The number of methoxy groups -OCH3 is 1. The number of benzene rings is 1. The molecule has 0 unspecified atom stereocenters. The molecular weight excluding hydrogens is 195 g/mol. The summed E-state index contributed by atoms with van der Waals surface area (Å²) in [6.07, 6.45) is 0.722. The zero-order valence-electron chi connectivity index (χ0n) is 9.38. The predicted molar refractivity (Wildman–Crippen MR) is 57.2 cm³/mol. The lowest BCUT2D eigenvalue weighted by molar-refractivity contribution is 0.0744. The lowest BCUT2D eigenvalue weighted by Gasteiger charge is -2.19. The van der Waals surface area contributed by atoms with Crippen molar-refractivity contribution < 1.29 is 14.2 Å². The number of rotatable bonds is 4. The maximum Gasteiger partial charge on any atom is 0.129 e. The summed E-state index contributed by atoms with van der Waals surface area (Å²) in [7, 11) is 1.63. The first-order valence-electron chi connectivity index (χ1n) is 4.95. The highest BCUT2D eigenvalue weighted by Gasteiger charge is 2.20. The molecule has 3 heteroatoms. The van der Waals surface area contributed by atoms with Crippen LogP contribution in [-0.4, -0.2) is 18.8 Å². The number of ether oxygens (including phenoxy) is 1. The van der Waals surface area contributed by atoms with Gasteiger partial charge in [0, 0.05) is 12.7 Å². The standard InChI is InChI=1S/C12H17FO2/c1-12(2,14)10-8-9(6-7-15-3)4-5-11(10)13/h4-5,8,14H,6-7H2,1-3H3. The van der Waals surface area contributed by atoms with Crippen LogP contribution in [0.4, 0.5) is 4.39 Å². The summed E-state index contributed by atoms with van der Waals surface area (Å²) in [4.78, 5) is 0. The largest absolute Gasteiger partial charge is 0.386 e. The fraction of sp³-hybridized carbons (Fsp3) is 0.500. The fourth-order valence-corrected chi connectivity index (χ4v) is 1.42. The monoisotopic (exact) mass is 212 g/mol. The van der Waals surface area contributed by atoms with Gasteiger partial charge in [-0.05, 0) is 38.0 Å². The van der Waals surface area contributed by atoms with Crippen molar-refractivity contribution in [3.8, 4) is 0 Å². The normalized spacial score (nSPS) is 11.8. The Hall–Kier alpha value is -0.930. The summed E-state index contributed by atoms with van der Waals surface area (Å²) in [6, 6.07) is 4.79. The van der Waals surface area contributed by atoms with Crippen LogP contribution in [0.5, 0.6) is 0 Å². The smallest absolute Gasteiger partial charge is 0.129 e. The quantitative estimate of drug-likeness (QED) is 0.829. The van der Waals surface area contributed by atoms with Gasteiger partial charge in [0.25, 0.3) is 0 Å². The van der Waals surface area contributed by atoms with Gasteiger partial charge in [-0.3, -0.25) is 0 Å². The first-order chi connectivity index (χ1) is 6.95. The van der Waals surface area contributed by atoms with E-state index in [4.69, 9.17) is 4.74 Å². The van der Waals surface area contributed by atoms with Crippen molar-refractivity contribution in [2.24, 2.45) is 0 Å². The molecule has 0 fully saturated rings. The van der Waals surface area contributed by atoms with E-state index >= 15 is 0 Å².